The predicted octanol–water partition coefficient (Wildman–Crippen LogP) is 4.25. The van der Waals surface area contributed by atoms with Gasteiger partial charge >= 0.3 is 18.3 Å². The highest BCUT2D eigenvalue weighted by atomic mass is 16.6. The van der Waals surface area contributed by atoms with Gasteiger partial charge in [0.25, 0.3) is 0 Å². The van der Waals surface area contributed by atoms with Crippen LogP contribution < -0.4 is 31.9 Å². The topological polar surface area (TPSA) is 198 Å². The van der Waals surface area contributed by atoms with Crippen molar-refractivity contribution in [2.24, 2.45) is 4.99 Å². The first-order valence-corrected chi connectivity index (χ1v) is 16.9. The second kappa shape index (κ2) is 22.9. The molecule has 0 saturated carbocycles. The number of hydrogen-bond donors (Lipinski definition) is 6. The van der Waals surface area contributed by atoms with Crippen LogP contribution in [0.4, 0.5) is 14.4 Å². The van der Waals surface area contributed by atoms with Crippen LogP contribution >= 0.6 is 0 Å². The Morgan fingerprint density at radius 3 is 1.52 bits per heavy atom. The molecule has 0 spiro atoms. The van der Waals surface area contributed by atoms with E-state index in [1.54, 1.807) is 41.5 Å². The molecule has 0 aliphatic rings. The summed E-state index contributed by atoms with van der Waals surface area (Å²) in [5, 5.41) is 16.6. The third kappa shape index (κ3) is 29.8. The minimum Gasteiger partial charge on any atom is -0.444 e. The Hall–Kier alpha value is -3.62. The van der Waals surface area contributed by atoms with Crippen LogP contribution in [-0.2, 0) is 23.8 Å². The molecule has 278 valence electrons. The molecule has 5 amide bonds. The quantitative estimate of drug-likeness (QED) is 0.0402. The van der Waals surface area contributed by atoms with Gasteiger partial charge in [0.15, 0.2) is 0 Å². The minimum atomic E-state index is -0.747. The molecule has 1 unspecified atom stereocenters. The van der Waals surface area contributed by atoms with Gasteiger partial charge in [0.05, 0.1) is 0 Å². The number of hydrogen-bond acceptors (Lipinski definition) is 10. The molecule has 6 N–H and O–H groups in total. The summed E-state index contributed by atoms with van der Waals surface area (Å²) in [5.74, 6) is -0.688. The summed E-state index contributed by atoms with van der Waals surface area (Å²) < 4.78 is 15.7. The molecule has 0 radical (unpaired) electrons. The van der Waals surface area contributed by atoms with Crippen molar-refractivity contribution in [1.82, 2.24) is 31.9 Å². The lowest BCUT2D eigenvalue weighted by Gasteiger charge is -2.22. The van der Waals surface area contributed by atoms with E-state index < -0.39 is 35.1 Å². The largest absolute Gasteiger partial charge is 0.444 e. The number of alkyl carbamates (subject to hydrolysis) is 3. The van der Waals surface area contributed by atoms with Gasteiger partial charge in [0, 0.05) is 25.7 Å². The minimum absolute atomic E-state index is 0.0106. The van der Waals surface area contributed by atoms with Crippen LogP contribution in [0, 0.1) is 0 Å². The van der Waals surface area contributed by atoms with Crippen LogP contribution in [0.15, 0.2) is 4.99 Å². The van der Waals surface area contributed by atoms with Gasteiger partial charge < -0.3 is 35.5 Å². The third-order valence-corrected chi connectivity index (χ3v) is 5.86. The van der Waals surface area contributed by atoms with Crippen LogP contribution in [0.3, 0.4) is 0 Å². The van der Waals surface area contributed by atoms with Gasteiger partial charge in [-0.15, -0.1) is 0 Å². The van der Waals surface area contributed by atoms with Crippen molar-refractivity contribution in [3.8, 4) is 0 Å². The Kier molecular flexibility index (Phi) is 21.1. The number of rotatable bonds is 18. The van der Waals surface area contributed by atoms with Gasteiger partial charge in [-0.2, -0.15) is 0 Å². The molecule has 0 rings (SSSR count). The number of unbranched alkanes of at least 4 members (excludes halogenated alkanes) is 4. The van der Waals surface area contributed by atoms with E-state index in [2.05, 4.69) is 36.9 Å². The maximum absolute atomic E-state index is 12.2. The van der Waals surface area contributed by atoms with E-state index in [4.69, 9.17) is 14.2 Å². The van der Waals surface area contributed by atoms with Crippen molar-refractivity contribution in [3.05, 3.63) is 0 Å². The van der Waals surface area contributed by atoms with Gasteiger partial charge in [-0.3, -0.25) is 25.2 Å². The average Bonchev–Trinajstić information content (AvgIpc) is 2.88. The van der Waals surface area contributed by atoms with Crippen LogP contribution in [0.5, 0.6) is 0 Å². The molecule has 0 aromatic rings. The van der Waals surface area contributed by atoms with Gasteiger partial charge in [0.1, 0.15) is 23.2 Å². The normalized spacial score (nSPS) is 12.2. The first-order valence-electron chi connectivity index (χ1n) is 16.9. The summed E-state index contributed by atoms with van der Waals surface area (Å²) in [7, 11) is 0. The zero-order chi connectivity index (χ0) is 36.8. The number of carbonyl (C=O) groups is 5. The number of ether oxygens (including phenoxy) is 3. The average molecular weight is 686 g/mol. The Balaban J connectivity index is 4.08. The second-order valence-electron chi connectivity index (χ2n) is 14.6. The number of carbonyl (C=O) groups excluding carboxylic acids is 5. The van der Waals surface area contributed by atoms with Crippen LogP contribution in [0.2, 0.25) is 0 Å². The summed E-state index contributed by atoms with van der Waals surface area (Å²) in [6.07, 6.45) is 3.35. The summed E-state index contributed by atoms with van der Waals surface area (Å²) >= 11 is 0. The van der Waals surface area contributed by atoms with Crippen LogP contribution in [-0.4, -0.2) is 91.6 Å². The molecule has 15 heteroatoms. The van der Waals surface area contributed by atoms with Gasteiger partial charge in [-0.25, -0.2) is 14.4 Å². The Labute approximate surface area is 287 Å². The summed E-state index contributed by atoms with van der Waals surface area (Å²) in [6.45, 7) is 20.6. The highest BCUT2D eigenvalue weighted by Gasteiger charge is 2.21. The van der Waals surface area contributed by atoms with Crippen molar-refractivity contribution >= 4 is 36.1 Å². The molecule has 0 fully saturated rings. The van der Waals surface area contributed by atoms with E-state index in [1.807, 2.05) is 27.7 Å². The zero-order valence-electron chi connectivity index (χ0n) is 31.0. The maximum Gasteiger partial charge on any atom is 0.414 e. The van der Waals surface area contributed by atoms with Crippen molar-refractivity contribution in [1.29, 1.82) is 0 Å². The first-order chi connectivity index (χ1) is 22.1. The van der Waals surface area contributed by atoms with Crippen molar-refractivity contribution in [3.63, 3.8) is 0 Å². The predicted molar refractivity (Wildman–Crippen MR) is 186 cm³/mol. The molecule has 48 heavy (non-hydrogen) atoms. The molecule has 0 saturated heterocycles. The molecule has 0 aliphatic heterocycles. The number of nitrogens with zero attached hydrogens (tertiary/aromatic N) is 1. The Morgan fingerprint density at radius 1 is 0.583 bits per heavy atom. The number of nitrogens with one attached hydrogen (secondary N) is 6. The second-order valence-corrected chi connectivity index (χ2v) is 14.6. The molecule has 0 bridgehead atoms. The first kappa shape index (κ1) is 44.4. The molecule has 0 aromatic carbocycles. The lowest BCUT2D eigenvalue weighted by Crippen LogP contribution is -2.47. The highest BCUT2D eigenvalue weighted by Crippen LogP contribution is 2.09. The Bertz CT molecular complexity index is 998. The fourth-order valence-corrected chi connectivity index (χ4v) is 3.82. The SMILES string of the molecule is CC(CCNCCCCNC(=O)CC(=O)NCCCCCCN=C(NC(=O)OC(C)(C)C)NC(=O)OC(C)(C)C)NC(=O)OC(C)(C)C. The number of aliphatic imine (C=N–C) groups is 1. The van der Waals surface area contributed by atoms with Crippen LogP contribution in [0.1, 0.15) is 121 Å². The van der Waals surface area contributed by atoms with Crippen LogP contribution in [0.25, 0.3) is 0 Å². The third-order valence-electron chi connectivity index (χ3n) is 5.86. The van der Waals surface area contributed by atoms with E-state index in [1.165, 1.54) is 0 Å². The molecule has 15 nitrogen and oxygen atoms in total. The molecular formula is C33H63N7O8. The lowest BCUT2D eigenvalue weighted by atomic mass is 10.2. The van der Waals surface area contributed by atoms with E-state index in [-0.39, 0.29) is 30.2 Å². The Morgan fingerprint density at radius 2 is 1.02 bits per heavy atom. The summed E-state index contributed by atoms with van der Waals surface area (Å²) in [6, 6.07) is -0.0106. The lowest BCUT2D eigenvalue weighted by molar-refractivity contribution is -0.129. The standard InChI is InChI=1S/C33H63N7O8/c1-24(38-28(43)46-31(2,3)4)17-22-34-18-15-16-20-36-26(42)23-25(41)35-19-13-11-12-14-21-37-27(39-29(44)47-32(5,6)7)40-30(45)48-33(8,9)10/h24,34H,11-23H2,1-10H3,(H,35,41)(H,36,42)(H,38,43)(H2,37,39,40,44,45). The fourth-order valence-electron chi connectivity index (χ4n) is 3.82. The van der Waals surface area contributed by atoms with E-state index in [0.29, 0.717) is 26.1 Å². The molecule has 0 aliphatic carbocycles. The molecule has 0 heterocycles. The van der Waals surface area contributed by atoms with Gasteiger partial charge in [-0.05, 0) is 114 Å². The molecule has 1 atom stereocenters. The molecular weight excluding hydrogens is 622 g/mol. The number of amides is 5. The smallest absolute Gasteiger partial charge is 0.414 e. The van der Waals surface area contributed by atoms with Crippen molar-refractivity contribution < 1.29 is 38.2 Å². The van der Waals surface area contributed by atoms with Gasteiger partial charge in [0.2, 0.25) is 17.8 Å². The van der Waals surface area contributed by atoms with E-state index >= 15 is 0 Å². The maximum atomic E-state index is 12.2. The van der Waals surface area contributed by atoms with Gasteiger partial charge in [-0.1, -0.05) is 12.8 Å². The van der Waals surface area contributed by atoms with E-state index in [9.17, 15) is 24.0 Å². The monoisotopic (exact) mass is 685 g/mol. The summed E-state index contributed by atoms with van der Waals surface area (Å²) in [5.41, 5.74) is -1.96. The highest BCUT2D eigenvalue weighted by molar-refractivity contribution is 6.01. The van der Waals surface area contributed by atoms with Crippen molar-refractivity contribution in [2.75, 3.05) is 32.7 Å². The number of guanidine groups is 1. The summed E-state index contributed by atoms with van der Waals surface area (Å²) in [4.78, 5) is 64.5. The van der Waals surface area contributed by atoms with Crippen molar-refractivity contribution in [2.45, 2.75) is 143 Å². The molecule has 0 aromatic heterocycles. The fraction of sp³-hybridized carbons (Fsp3) is 0.818. The van der Waals surface area contributed by atoms with E-state index in [0.717, 1.165) is 51.6 Å². The zero-order valence-corrected chi connectivity index (χ0v) is 31.0.